The van der Waals surface area contributed by atoms with Gasteiger partial charge in [-0.1, -0.05) is 17.7 Å². The number of hydrogen-bond donors (Lipinski definition) is 0. The Kier molecular flexibility index (Phi) is 3.51. The number of benzene rings is 1. The van der Waals surface area contributed by atoms with Gasteiger partial charge in [-0.05, 0) is 73.7 Å². The maximum Gasteiger partial charge on any atom is 0.167 e. The number of piperidine rings is 1. The Morgan fingerprint density at radius 3 is 2.96 bits per heavy atom. The van der Waals surface area contributed by atoms with E-state index in [0.717, 1.165) is 37.9 Å². The van der Waals surface area contributed by atoms with Crippen LogP contribution in [0.1, 0.15) is 45.1 Å². The zero-order valence-electron chi connectivity index (χ0n) is 14.3. The van der Waals surface area contributed by atoms with Gasteiger partial charge in [0.25, 0.3) is 0 Å². The highest BCUT2D eigenvalue weighted by Crippen LogP contribution is 2.50. The summed E-state index contributed by atoms with van der Waals surface area (Å²) in [5.41, 5.74) is 5.84. The van der Waals surface area contributed by atoms with Gasteiger partial charge < -0.3 is 4.90 Å². The van der Waals surface area contributed by atoms with Crippen molar-refractivity contribution in [2.75, 3.05) is 20.1 Å². The van der Waals surface area contributed by atoms with E-state index < -0.39 is 0 Å². The maximum absolute atomic E-state index is 13.3. The van der Waals surface area contributed by atoms with E-state index in [1.165, 1.54) is 22.4 Å². The fourth-order valence-electron chi connectivity index (χ4n) is 5.23. The van der Waals surface area contributed by atoms with Gasteiger partial charge in [0.2, 0.25) is 0 Å². The first-order valence-corrected chi connectivity index (χ1v) is 9.50. The fourth-order valence-corrected chi connectivity index (χ4v) is 5.47. The molecule has 1 fully saturated rings. The number of hydrogen-bond acceptors (Lipinski definition) is 3. The summed E-state index contributed by atoms with van der Waals surface area (Å²) in [5.74, 6) is 0.918. The molecular formula is C21H21ClN2O. The minimum Gasteiger partial charge on any atom is -0.306 e. The molecule has 0 amide bonds. The Morgan fingerprint density at radius 2 is 2.08 bits per heavy atom. The van der Waals surface area contributed by atoms with Crippen molar-refractivity contribution in [3.63, 3.8) is 0 Å². The molecule has 5 rings (SSSR count). The van der Waals surface area contributed by atoms with Crippen molar-refractivity contribution in [2.45, 2.75) is 25.2 Å². The van der Waals surface area contributed by atoms with Gasteiger partial charge in [0.1, 0.15) is 0 Å². The van der Waals surface area contributed by atoms with Crippen molar-refractivity contribution in [1.82, 2.24) is 9.88 Å². The molecule has 1 aliphatic heterocycles. The first-order valence-electron chi connectivity index (χ1n) is 9.12. The maximum atomic E-state index is 13.3. The number of nitrogens with zero attached hydrogens (tertiary/aromatic N) is 2. The second-order valence-corrected chi connectivity index (χ2v) is 8.17. The zero-order chi connectivity index (χ0) is 17.1. The van der Waals surface area contributed by atoms with Crippen molar-refractivity contribution in [3.05, 3.63) is 63.4 Å². The van der Waals surface area contributed by atoms with Gasteiger partial charge >= 0.3 is 0 Å². The molecule has 4 heteroatoms. The van der Waals surface area contributed by atoms with Gasteiger partial charge in [-0.15, -0.1) is 0 Å². The van der Waals surface area contributed by atoms with Crippen LogP contribution in [0.5, 0.6) is 0 Å². The third-order valence-electron chi connectivity index (χ3n) is 6.33. The van der Waals surface area contributed by atoms with Gasteiger partial charge in [0.05, 0.1) is 5.69 Å². The van der Waals surface area contributed by atoms with Gasteiger partial charge in [0.15, 0.2) is 5.78 Å². The van der Waals surface area contributed by atoms with Gasteiger partial charge in [-0.3, -0.25) is 9.78 Å². The summed E-state index contributed by atoms with van der Waals surface area (Å²) in [6, 6.07) is 8.20. The van der Waals surface area contributed by atoms with Crippen molar-refractivity contribution in [2.24, 2.45) is 11.8 Å². The third kappa shape index (κ3) is 2.29. The summed E-state index contributed by atoms with van der Waals surface area (Å²) in [5, 5.41) is 0.683. The Morgan fingerprint density at radius 1 is 1.24 bits per heavy atom. The molecular weight excluding hydrogens is 332 g/mol. The number of fused-ring (bicyclic) bond motifs is 4. The monoisotopic (exact) mass is 352 g/mol. The quantitative estimate of drug-likeness (QED) is 0.724. The van der Waals surface area contributed by atoms with E-state index in [1.807, 2.05) is 18.3 Å². The average molecular weight is 353 g/mol. The van der Waals surface area contributed by atoms with Crippen LogP contribution in [0.3, 0.4) is 0 Å². The van der Waals surface area contributed by atoms with Crippen LogP contribution in [-0.4, -0.2) is 35.8 Å². The van der Waals surface area contributed by atoms with E-state index in [-0.39, 0.29) is 17.6 Å². The van der Waals surface area contributed by atoms with Crippen molar-refractivity contribution in [1.29, 1.82) is 0 Å². The van der Waals surface area contributed by atoms with Crippen LogP contribution in [0.2, 0.25) is 5.02 Å². The van der Waals surface area contributed by atoms with Crippen LogP contribution >= 0.6 is 11.6 Å². The molecule has 2 aliphatic carbocycles. The molecule has 3 nitrogen and oxygen atoms in total. The molecule has 1 aromatic heterocycles. The topological polar surface area (TPSA) is 33.2 Å². The number of likely N-dealkylation sites (tertiary alicyclic amines) is 1. The lowest BCUT2D eigenvalue weighted by atomic mass is 9.63. The highest BCUT2D eigenvalue weighted by atomic mass is 35.5. The lowest BCUT2D eigenvalue weighted by Gasteiger charge is -2.44. The molecule has 0 N–H and O–H groups in total. The van der Waals surface area contributed by atoms with Gasteiger partial charge in [-0.2, -0.15) is 0 Å². The highest BCUT2D eigenvalue weighted by Gasteiger charge is 2.47. The van der Waals surface area contributed by atoms with Crippen LogP contribution < -0.4 is 0 Å². The Balaban J connectivity index is 1.79. The largest absolute Gasteiger partial charge is 0.306 e. The molecule has 128 valence electrons. The molecule has 1 saturated heterocycles. The predicted molar refractivity (Wildman–Crippen MR) is 98.4 cm³/mol. The zero-order valence-corrected chi connectivity index (χ0v) is 15.1. The summed E-state index contributed by atoms with van der Waals surface area (Å²) in [6.07, 6.45) is 4.86. The molecule has 25 heavy (non-hydrogen) atoms. The highest BCUT2D eigenvalue weighted by molar-refractivity contribution is 6.31. The van der Waals surface area contributed by atoms with Crippen LogP contribution in [-0.2, 0) is 12.8 Å². The summed E-state index contributed by atoms with van der Waals surface area (Å²) in [6.45, 7) is 1.88. The summed E-state index contributed by atoms with van der Waals surface area (Å²) in [4.78, 5) is 20.4. The second-order valence-electron chi connectivity index (χ2n) is 7.74. The number of Topliss-reactive ketones (excluding diaryl/α,β-unsaturated/α-hetero) is 1. The number of ketones is 1. The first-order chi connectivity index (χ1) is 12.1. The molecule has 0 radical (unpaired) electrons. The molecule has 2 heterocycles. The third-order valence-corrected chi connectivity index (χ3v) is 6.54. The molecule has 3 atom stereocenters. The Labute approximate surface area is 153 Å². The smallest absolute Gasteiger partial charge is 0.167 e. The Hall–Kier alpha value is -1.71. The van der Waals surface area contributed by atoms with Crippen molar-refractivity contribution < 1.29 is 4.79 Å². The van der Waals surface area contributed by atoms with Crippen molar-refractivity contribution in [3.8, 4) is 0 Å². The normalized spacial score (nSPS) is 27.9. The molecule has 3 unspecified atom stereocenters. The number of aryl methyl sites for hydroxylation is 2. The number of halogens is 1. The van der Waals surface area contributed by atoms with Crippen LogP contribution in [0.25, 0.3) is 0 Å². The molecule has 0 spiro atoms. The minimum absolute atomic E-state index is 0.0514. The standard InChI is InChI=1S/C21H21ClN2O/c1-24-8-6-15-17(11-24)21(25)16-10-14(22)9-13-5-4-12-3-2-7-23-20(12)19(15)18(13)16/h2-3,7,9-10,15,17,19H,4-6,8,11H2,1H3. The van der Waals surface area contributed by atoms with E-state index in [1.54, 1.807) is 0 Å². The predicted octanol–water partition coefficient (Wildman–Crippen LogP) is 3.73. The van der Waals surface area contributed by atoms with E-state index in [0.29, 0.717) is 10.9 Å². The SMILES string of the molecule is CN1CCC2C(C1)C(=O)c1cc(Cl)cc3c1C2c1ncccc1CC3. The number of pyridine rings is 1. The van der Waals surface area contributed by atoms with Crippen molar-refractivity contribution >= 4 is 17.4 Å². The van der Waals surface area contributed by atoms with Crippen LogP contribution in [0, 0.1) is 11.8 Å². The molecule has 0 saturated carbocycles. The number of carbonyl (C=O) groups is 1. The molecule has 2 aromatic rings. The first kappa shape index (κ1) is 15.5. The van der Waals surface area contributed by atoms with Crippen LogP contribution in [0.15, 0.2) is 30.5 Å². The summed E-state index contributed by atoms with van der Waals surface area (Å²) in [7, 11) is 2.11. The van der Waals surface area contributed by atoms with E-state index in [4.69, 9.17) is 16.6 Å². The lowest BCUT2D eigenvalue weighted by Crippen LogP contribution is -2.47. The minimum atomic E-state index is 0.0514. The van der Waals surface area contributed by atoms with E-state index >= 15 is 0 Å². The molecule has 3 aliphatic rings. The van der Waals surface area contributed by atoms with Gasteiger partial charge in [-0.25, -0.2) is 0 Å². The van der Waals surface area contributed by atoms with E-state index in [9.17, 15) is 4.79 Å². The lowest BCUT2D eigenvalue weighted by molar-refractivity contribution is 0.0674. The summed E-state index contributed by atoms with van der Waals surface area (Å²) < 4.78 is 0. The summed E-state index contributed by atoms with van der Waals surface area (Å²) >= 11 is 6.39. The molecule has 1 aromatic carbocycles. The average Bonchev–Trinajstić information content (AvgIpc) is 2.77. The number of aromatic nitrogens is 1. The molecule has 0 bridgehead atoms. The Bertz CT molecular complexity index is 878. The second kappa shape index (κ2) is 5.65. The van der Waals surface area contributed by atoms with E-state index in [2.05, 4.69) is 24.1 Å². The fraction of sp³-hybridized carbons (Fsp3) is 0.429. The number of rotatable bonds is 0. The van der Waals surface area contributed by atoms with Gasteiger partial charge in [0, 0.05) is 35.2 Å². The van der Waals surface area contributed by atoms with Crippen LogP contribution in [0.4, 0.5) is 0 Å². The number of carbonyl (C=O) groups excluding carboxylic acids is 1.